The maximum atomic E-state index is 5.10. The standard InChI is InChI=1S/C46H34N2S/c1-4-13-30(14-5-1)40-29-41(48-45(47-40)31-15-6-2-7-16-31)33-22-24-36-35-23-21-32(27-42(35)49-43(36)28-33)34-18-12-20-39-44(34)37-17-8-9-19-38(37)46(39)25-10-3-11-26-46/h1-2,4-9,12-24,27-29H,3,10-11,25-26H2. The average molecular weight is 647 g/mol. The molecule has 0 bridgehead atoms. The normalized spacial score (nSPS) is 14.7. The van der Waals surface area contributed by atoms with Crippen molar-refractivity contribution in [3.05, 3.63) is 157 Å². The third-order valence-electron chi connectivity index (χ3n) is 10.9. The molecule has 234 valence electrons. The Bertz CT molecular complexity index is 2470. The van der Waals surface area contributed by atoms with E-state index in [1.165, 1.54) is 74.5 Å². The molecule has 0 radical (unpaired) electrons. The summed E-state index contributed by atoms with van der Waals surface area (Å²) < 4.78 is 2.59. The summed E-state index contributed by atoms with van der Waals surface area (Å²) >= 11 is 1.88. The predicted octanol–water partition coefficient (Wildman–Crippen LogP) is 12.7. The Morgan fingerprint density at radius 3 is 1.80 bits per heavy atom. The Balaban J connectivity index is 1.09. The molecule has 1 spiro atoms. The van der Waals surface area contributed by atoms with Gasteiger partial charge in [0.1, 0.15) is 0 Å². The summed E-state index contributed by atoms with van der Waals surface area (Å²) in [6.07, 6.45) is 6.48. The third kappa shape index (κ3) is 4.60. The molecule has 0 amide bonds. The third-order valence-corrected chi connectivity index (χ3v) is 12.0. The first-order chi connectivity index (χ1) is 24.2. The van der Waals surface area contributed by atoms with Crippen molar-refractivity contribution < 1.29 is 0 Å². The molecule has 2 nitrogen and oxygen atoms in total. The summed E-state index contributed by atoms with van der Waals surface area (Å²) in [5.41, 5.74) is 13.9. The molecule has 49 heavy (non-hydrogen) atoms. The monoisotopic (exact) mass is 646 g/mol. The van der Waals surface area contributed by atoms with Crippen LogP contribution in [0.3, 0.4) is 0 Å². The molecule has 2 aliphatic rings. The average Bonchev–Trinajstić information content (AvgIpc) is 3.68. The van der Waals surface area contributed by atoms with E-state index in [1.807, 2.05) is 35.6 Å². The van der Waals surface area contributed by atoms with E-state index in [1.54, 1.807) is 11.1 Å². The Morgan fingerprint density at radius 1 is 0.449 bits per heavy atom. The first-order valence-electron chi connectivity index (χ1n) is 17.5. The van der Waals surface area contributed by atoms with Crippen LogP contribution in [0, 0.1) is 0 Å². The molecule has 0 saturated heterocycles. The lowest BCUT2D eigenvalue weighted by molar-refractivity contribution is 0.353. The second kappa shape index (κ2) is 11.4. The summed E-state index contributed by atoms with van der Waals surface area (Å²) in [7, 11) is 0. The maximum Gasteiger partial charge on any atom is 0.160 e. The van der Waals surface area contributed by atoms with Gasteiger partial charge >= 0.3 is 0 Å². The van der Waals surface area contributed by atoms with E-state index in [0.717, 1.165) is 33.9 Å². The topological polar surface area (TPSA) is 25.8 Å². The molecule has 2 aromatic heterocycles. The van der Waals surface area contributed by atoms with Gasteiger partial charge in [-0.2, -0.15) is 0 Å². The van der Waals surface area contributed by atoms with Crippen molar-refractivity contribution in [1.82, 2.24) is 9.97 Å². The second-order valence-corrected chi connectivity index (χ2v) is 14.7. The van der Waals surface area contributed by atoms with E-state index in [0.29, 0.717) is 0 Å². The van der Waals surface area contributed by atoms with Gasteiger partial charge in [0, 0.05) is 42.3 Å². The summed E-state index contributed by atoms with van der Waals surface area (Å²) in [6, 6.07) is 53.0. The van der Waals surface area contributed by atoms with Crippen molar-refractivity contribution in [3.63, 3.8) is 0 Å². The van der Waals surface area contributed by atoms with Crippen LogP contribution in [0.25, 0.3) is 76.3 Å². The molecule has 0 unspecified atom stereocenters. The molecule has 2 aliphatic carbocycles. The van der Waals surface area contributed by atoms with Crippen molar-refractivity contribution >= 4 is 31.5 Å². The van der Waals surface area contributed by atoms with Crippen LogP contribution in [0.15, 0.2) is 146 Å². The number of nitrogens with zero attached hydrogens (tertiary/aromatic N) is 2. The molecule has 8 aromatic rings. The van der Waals surface area contributed by atoms with Crippen molar-refractivity contribution in [3.8, 4) is 56.2 Å². The summed E-state index contributed by atoms with van der Waals surface area (Å²) in [6.45, 7) is 0. The van der Waals surface area contributed by atoms with E-state index >= 15 is 0 Å². The minimum Gasteiger partial charge on any atom is -0.228 e. The SMILES string of the molecule is c1ccc(-c2cc(-c3ccc4c(c3)sc3cc(-c5cccc6c5-c5ccccc5C65CCCCC5)ccc34)nc(-c3ccccc3)n2)cc1. The van der Waals surface area contributed by atoms with Gasteiger partial charge in [-0.05, 0) is 64.4 Å². The van der Waals surface area contributed by atoms with Crippen LogP contribution in [0.4, 0.5) is 0 Å². The lowest BCUT2D eigenvalue weighted by Crippen LogP contribution is -2.27. The number of hydrogen-bond acceptors (Lipinski definition) is 3. The number of fused-ring (bicyclic) bond motifs is 8. The minimum atomic E-state index is 0.167. The lowest BCUT2D eigenvalue weighted by Gasteiger charge is -2.36. The molecule has 0 aliphatic heterocycles. The fourth-order valence-electron chi connectivity index (χ4n) is 8.61. The summed E-state index contributed by atoms with van der Waals surface area (Å²) in [4.78, 5) is 10.1. The predicted molar refractivity (Wildman–Crippen MR) is 206 cm³/mol. The van der Waals surface area contributed by atoms with E-state index in [4.69, 9.17) is 9.97 Å². The van der Waals surface area contributed by atoms with Gasteiger partial charge in [-0.25, -0.2) is 9.97 Å². The molecular weight excluding hydrogens is 613 g/mol. The fraction of sp³-hybridized carbons (Fsp3) is 0.130. The van der Waals surface area contributed by atoms with E-state index in [2.05, 4.69) is 121 Å². The zero-order valence-corrected chi connectivity index (χ0v) is 28.0. The molecule has 3 heteroatoms. The molecule has 1 fully saturated rings. The Labute approximate surface area is 290 Å². The highest BCUT2D eigenvalue weighted by Gasteiger charge is 2.44. The first-order valence-corrected chi connectivity index (χ1v) is 18.3. The Kier molecular flexibility index (Phi) is 6.63. The van der Waals surface area contributed by atoms with Crippen LogP contribution in [-0.4, -0.2) is 9.97 Å². The zero-order chi connectivity index (χ0) is 32.4. The molecule has 0 N–H and O–H groups in total. The fourth-order valence-corrected chi connectivity index (χ4v) is 9.80. The van der Waals surface area contributed by atoms with Crippen LogP contribution in [0.2, 0.25) is 0 Å². The highest BCUT2D eigenvalue weighted by atomic mass is 32.1. The van der Waals surface area contributed by atoms with Crippen molar-refractivity contribution in [2.45, 2.75) is 37.5 Å². The van der Waals surface area contributed by atoms with Gasteiger partial charge in [0.05, 0.1) is 11.4 Å². The maximum absolute atomic E-state index is 5.10. The zero-order valence-electron chi connectivity index (χ0n) is 27.2. The molecule has 10 rings (SSSR count). The van der Waals surface area contributed by atoms with Gasteiger partial charge in [0.25, 0.3) is 0 Å². The Hall–Kier alpha value is -5.38. The molecule has 1 saturated carbocycles. The van der Waals surface area contributed by atoms with Gasteiger partial charge in [0.15, 0.2) is 5.82 Å². The van der Waals surface area contributed by atoms with Crippen molar-refractivity contribution in [2.75, 3.05) is 0 Å². The molecule has 2 heterocycles. The Morgan fingerprint density at radius 2 is 1.04 bits per heavy atom. The largest absolute Gasteiger partial charge is 0.228 e. The molecule has 6 aromatic carbocycles. The van der Waals surface area contributed by atoms with Gasteiger partial charge in [-0.15, -0.1) is 11.3 Å². The summed E-state index contributed by atoms with van der Waals surface area (Å²) in [5.74, 6) is 0.741. The van der Waals surface area contributed by atoms with E-state index in [9.17, 15) is 0 Å². The van der Waals surface area contributed by atoms with Gasteiger partial charge in [0.2, 0.25) is 0 Å². The summed E-state index contributed by atoms with van der Waals surface area (Å²) in [5, 5.41) is 2.60. The second-order valence-electron chi connectivity index (χ2n) is 13.6. The van der Waals surface area contributed by atoms with Crippen LogP contribution in [0.5, 0.6) is 0 Å². The highest BCUT2D eigenvalue weighted by molar-refractivity contribution is 7.25. The molecule has 0 atom stereocenters. The van der Waals surface area contributed by atoms with Crippen LogP contribution < -0.4 is 0 Å². The number of rotatable bonds is 4. The van der Waals surface area contributed by atoms with Gasteiger partial charge in [-0.3, -0.25) is 0 Å². The number of thiophene rings is 1. The first kappa shape index (κ1) is 28.6. The number of aromatic nitrogens is 2. The number of hydrogen-bond donors (Lipinski definition) is 0. The number of benzene rings is 6. The van der Waals surface area contributed by atoms with Crippen molar-refractivity contribution in [1.29, 1.82) is 0 Å². The van der Waals surface area contributed by atoms with E-state index < -0.39 is 0 Å². The van der Waals surface area contributed by atoms with E-state index in [-0.39, 0.29) is 5.41 Å². The van der Waals surface area contributed by atoms with Crippen LogP contribution in [0.1, 0.15) is 43.2 Å². The minimum absolute atomic E-state index is 0.167. The van der Waals surface area contributed by atoms with Crippen molar-refractivity contribution in [2.24, 2.45) is 0 Å². The molecular formula is C46H34N2S. The van der Waals surface area contributed by atoms with Crippen LogP contribution >= 0.6 is 11.3 Å². The van der Waals surface area contributed by atoms with Crippen LogP contribution in [-0.2, 0) is 5.41 Å². The quantitative estimate of drug-likeness (QED) is 0.190. The smallest absolute Gasteiger partial charge is 0.160 e. The highest BCUT2D eigenvalue weighted by Crippen LogP contribution is 2.58. The van der Waals surface area contributed by atoms with Gasteiger partial charge in [-0.1, -0.05) is 147 Å². The van der Waals surface area contributed by atoms with Gasteiger partial charge < -0.3 is 0 Å². The lowest BCUT2D eigenvalue weighted by atomic mass is 9.68.